The standard InChI is InChI=1S/C46H31NO2/c1-3-15-30(16-4-1)32-19-9-11-24-39(32)47(41-26-13-23-36-34-21-10-12-27-42(34)48-46(36)41)40-25-14-28-43-44(40)38-29-37(31-17-5-2-6-18-31)33-20-7-8-22-35(33)45(38)49-43/h1-24,26-29,40H,25H2. The molecule has 0 saturated carbocycles. The molecule has 1 unspecified atom stereocenters. The molecule has 2 aromatic heterocycles. The molecule has 0 saturated heterocycles. The maximum atomic E-state index is 6.86. The second kappa shape index (κ2) is 11.1. The summed E-state index contributed by atoms with van der Waals surface area (Å²) in [4.78, 5) is 2.50. The van der Waals surface area contributed by atoms with Crippen LogP contribution in [0.1, 0.15) is 23.8 Å². The molecule has 1 aliphatic rings. The molecule has 2 heterocycles. The average Bonchev–Trinajstić information content (AvgIpc) is 3.75. The number of rotatable bonds is 5. The van der Waals surface area contributed by atoms with Gasteiger partial charge < -0.3 is 13.7 Å². The third kappa shape index (κ3) is 4.36. The van der Waals surface area contributed by atoms with Gasteiger partial charge in [-0.1, -0.05) is 140 Å². The number of anilines is 2. The Bertz CT molecular complexity index is 2700. The van der Waals surface area contributed by atoms with E-state index in [1.165, 1.54) is 27.6 Å². The van der Waals surface area contributed by atoms with Crippen molar-refractivity contribution in [3.63, 3.8) is 0 Å². The number of benzene rings is 7. The predicted molar refractivity (Wildman–Crippen MR) is 203 cm³/mol. The lowest BCUT2D eigenvalue weighted by atomic mass is 9.89. The van der Waals surface area contributed by atoms with Crippen molar-refractivity contribution in [2.24, 2.45) is 0 Å². The molecule has 0 radical (unpaired) electrons. The summed E-state index contributed by atoms with van der Waals surface area (Å²) in [5.41, 5.74) is 10.8. The molecule has 232 valence electrons. The van der Waals surface area contributed by atoms with E-state index in [0.29, 0.717) is 0 Å². The van der Waals surface area contributed by atoms with Crippen molar-refractivity contribution in [1.82, 2.24) is 0 Å². The van der Waals surface area contributed by atoms with E-state index in [9.17, 15) is 0 Å². The Kier molecular flexibility index (Phi) is 6.31. The second-order valence-electron chi connectivity index (χ2n) is 12.8. The molecule has 0 fully saturated rings. The molecule has 0 spiro atoms. The van der Waals surface area contributed by atoms with Gasteiger partial charge in [-0.2, -0.15) is 0 Å². The maximum absolute atomic E-state index is 6.86. The minimum atomic E-state index is -0.0743. The highest BCUT2D eigenvalue weighted by molar-refractivity contribution is 6.14. The largest absolute Gasteiger partial charge is 0.456 e. The molecule has 49 heavy (non-hydrogen) atoms. The van der Waals surface area contributed by atoms with Crippen molar-refractivity contribution in [3.8, 4) is 22.3 Å². The smallest absolute Gasteiger partial charge is 0.159 e. The number of nitrogens with zero attached hydrogens (tertiary/aromatic N) is 1. The van der Waals surface area contributed by atoms with Crippen molar-refractivity contribution in [1.29, 1.82) is 0 Å². The van der Waals surface area contributed by atoms with E-state index >= 15 is 0 Å². The van der Waals surface area contributed by atoms with E-state index < -0.39 is 0 Å². The SMILES string of the molecule is C1=Cc2oc3c(cc(-c4ccccc4)c4ccccc43)c2C(N(c2ccccc2-c2ccccc2)c2cccc3c2oc2ccccc23)C1. The first kappa shape index (κ1) is 27.8. The van der Waals surface area contributed by atoms with E-state index in [2.05, 4.69) is 169 Å². The maximum Gasteiger partial charge on any atom is 0.159 e. The van der Waals surface area contributed by atoms with Gasteiger partial charge in [0.1, 0.15) is 16.9 Å². The van der Waals surface area contributed by atoms with Crippen molar-refractivity contribution in [3.05, 3.63) is 175 Å². The number of para-hydroxylation sites is 3. The van der Waals surface area contributed by atoms with Crippen LogP contribution in [-0.4, -0.2) is 0 Å². The summed E-state index contributed by atoms with van der Waals surface area (Å²) < 4.78 is 13.6. The zero-order valence-corrected chi connectivity index (χ0v) is 26.7. The fourth-order valence-electron chi connectivity index (χ4n) is 7.87. The Morgan fingerprint density at radius 1 is 0.469 bits per heavy atom. The summed E-state index contributed by atoms with van der Waals surface area (Å²) in [7, 11) is 0. The van der Waals surface area contributed by atoms with E-state index in [0.717, 1.165) is 67.4 Å². The van der Waals surface area contributed by atoms with E-state index in [1.54, 1.807) is 0 Å². The van der Waals surface area contributed by atoms with Crippen LogP contribution in [0.25, 0.3) is 72.0 Å². The molecule has 0 bridgehead atoms. The van der Waals surface area contributed by atoms with Gasteiger partial charge in [0.2, 0.25) is 0 Å². The summed E-state index contributed by atoms with van der Waals surface area (Å²) in [6, 6.07) is 55.9. The van der Waals surface area contributed by atoms with Gasteiger partial charge in [0.05, 0.1) is 11.7 Å². The molecule has 0 aliphatic heterocycles. The highest BCUT2D eigenvalue weighted by atomic mass is 16.3. The third-order valence-corrected chi connectivity index (χ3v) is 10.0. The minimum absolute atomic E-state index is 0.0743. The fraction of sp³-hybridized carbons (Fsp3) is 0.0435. The highest BCUT2D eigenvalue weighted by Gasteiger charge is 2.34. The summed E-state index contributed by atoms with van der Waals surface area (Å²) in [5.74, 6) is 0.903. The van der Waals surface area contributed by atoms with Crippen molar-refractivity contribution in [2.45, 2.75) is 12.5 Å². The van der Waals surface area contributed by atoms with Crippen LogP contribution in [0.4, 0.5) is 11.4 Å². The lowest BCUT2D eigenvalue weighted by Crippen LogP contribution is -2.25. The zero-order valence-electron chi connectivity index (χ0n) is 26.7. The molecular formula is C46H31NO2. The summed E-state index contributed by atoms with van der Waals surface area (Å²) in [6.07, 6.45) is 5.22. The molecule has 7 aromatic carbocycles. The van der Waals surface area contributed by atoms with Crippen LogP contribution in [0, 0.1) is 0 Å². The van der Waals surface area contributed by atoms with Gasteiger partial charge in [-0.3, -0.25) is 0 Å². The molecule has 0 N–H and O–H groups in total. The monoisotopic (exact) mass is 629 g/mol. The topological polar surface area (TPSA) is 29.5 Å². The van der Waals surface area contributed by atoms with Crippen LogP contribution in [0.3, 0.4) is 0 Å². The second-order valence-corrected chi connectivity index (χ2v) is 12.8. The van der Waals surface area contributed by atoms with Gasteiger partial charge in [-0.25, -0.2) is 0 Å². The van der Waals surface area contributed by atoms with Gasteiger partial charge in [-0.15, -0.1) is 0 Å². The first-order valence-electron chi connectivity index (χ1n) is 16.9. The van der Waals surface area contributed by atoms with Gasteiger partial charge >= 0.3 is 0 Å². The first-order chi connectivity index (χ1) is 24.3. The van der Waals surface area contributed by atoms with Crippen LogP contribution in [0.2, 0.25) is 0 Å². The molecule has 0 amide bonds. The number of hydrogen-bond donors (Lipinski definition) is 0. The van der Waals surface area contributed by atoms with Crippen molar-refractivity contribution in [2.75, 3.05) is 4.90 Å². The molecular weight excluding hydrogens is 599 g/mol. The fourth-order valence-corrected chi connectivity index (χ4v) is 7.87. The number of fused-ring (bicyclic) bond motifs is 8. The molecule has 1 aliphatic carbocycles. The highest BCUT2D eigenvalue weighted by Crippen LogP contribution is 2.51. The lowest BCUT2D eigenvalue weighted by Gasteiger charge is -2.36. The summed E-state index contributed by atoms with van der Waals surface area (Å²) >= 11 is 0. The van der Waals surface area contributed by atoms with E-state index in [-0.39, 0.29) is 6.04 Å². The van der Waals surface area contributed by atoms with Crippen LogP contribution in [0.15, 0.2) is 173 Å². The van der Waals surface area contributed by atoms with Crippen LogP contribution in [-0.2, 0) is 0 Å². The molecule has 3 nitrogen and oxygen atoms in total. The molecule has 10 rings (SSSR count). The van der Waals surface area contributed by atoms with Crippen molar-refractivity contribution >= 4 is 61.1 Å². The Morgan fingerprint density at radius 3 is 1.90 bits per heavy atom. The normalized spacial score (nSPS) is 14.2. The van der Waals surface area contributed by atoms with Gasteiger partial charge in [0.15, 0.2) is 5.58 Å². The minimum Gasteiger partial charge on any atom is -0.456 e. The zero-order chi connectivity index (χ0) is 32.3. The predicted octanol–water partition coefficient (Wildman–Crippen LogP) is 13.1. The van der Waals surface area contributed by atoms with Gasteiger partial charge in [0.25, 0.3) is 0 Å². The Hall–Kier alpha value is -6.32. The molecule has 1 atom stereocenters. The molecule has 3 heteroatoms. The first-order valence-corrected chi connectivity index (χ1v) is 16.9. The van der Waals surface area contributed by atoms with Crippen LogP contribution >= 0.6 is 0 Å². The number of hydrogen-bond acceptors (Lipinski definition) is 3. The average molecular weight is 630 g/mol. The summed E-state index contributed by atoms with van der Waals surface area (Å²) in [6.45, 7) is 0. The van der Waals surface area contributed by atoms with Gasteiger partial charge in [-0.05, 0) is 58.8 Å². The Labute approximate surface area is 283 Å². The quantitative estimate of drug-likeness (QED) is 0.190. The van der Waals surface area contributed by atoms with E-state index in [4.69, 9.17) is 8.83 Å². The Morgan fingerprint density at radius 2 is 1.08 bits per heavy atom. The Balaban J connectivity index is 1.29. The lowest BCUT2D eigenvalue weighted by molar-refractivity contribution is 0.581. The van der Waals surface area contributed by atoms with Crippen LogP contribution < -0.4 is 4.90 Å². The van der Waals surface area contributed by atoms with E-state index in [1.807, 2.05) is 6.07 Å². The van der Waals surface area contributed by atoms with Crippen LogP contribution in [0.5, 0.6) is 0 Å². The third-order valence-electron chi connectivity index (χ3n) is 10.0. The number of furan rings is 2. The summed E-state index contributed by atoms with van der Waals surface area (Å²) in [5, 5.41) is 5.67. The van der Waals surface area contributed by atoms with Gasteiger partial charge in [0, 0.05) is 38.4 Å². The van der Waals surface area contributed by atoms with Crippen molar-refractivity contribution < 1.29 is 8.83 Å². The molecule has 9 aromatic rings.